The molecule has 0 bridgehead atoms. The molecule has 2 atom stereocenters. The first-order chi connectivity index (χ1) is 8.28. The van der Waals surface area contributed by atoms with Gasteiger partial charge in [0.2, 0.25) is 0 Å². The molecular formula is C10H22N2O6. The number of aliphatic hydroxyl groups is 2. The van der Waals surface area contributed by atoms with Crippen molar-refractivity contribution >= 4 is 11.9 Å². The summed E-state index contributed by atoms with van der Waals surface area (Å²) in [5.74, 6) is -1.72. The average molecular weight is 266 g/mol. The van der Waals surface area contributed by atoms with Gasteiger partial charge in [-0.2, -0.15) is 0 Å². The number of carboxylic acid groups (broad SMARTS) is 1. The lowest BCUT2D eigenvalue weighted by molar-refractivity contribution is -0.146. The van der Waals surface area contributed by atoms with E-state index in [4.69, 9.17) is 26.8 Å². The molecule has 0 saturated heterocycles. The predicted octanol–water partition coefficient (Wildman–Crippen LogP) is -1.96. The van der Waals surface area contributed by atoms with Crippen LogP contribution in [0.5, 0.6) is 0 Å². The van der Waals surface area contributed by atoms with E-state index in [1.54, 1.807) is 13.8 Å². The van der Waals surface area contributed by atoms with Crippen LogP contribution < -0.4 is 11.5 Å². The van der Waals surface area contributed by atoms with Gasteiger partial charge in [0, 0.05) is 0 Å². The molecule has 0 heterocycles. The van der Waals surface area contributed by atoms with Gasteiger partial charge >= 0.3 is 11.9 Å². The fraction of sp³-hybridized carbons (Fsp3) is 0.800. The number of hydrogen-bond acceptors (Lipinski definition) is 7. The van der Waals surface area contributed by atoms with Crippen LogP contribution in [0.3, 0.4) is 0 Å². The second-order valence-corrected chi connectivity index (χ2v) is 3.51. The van der Waals surface area contributed by atoms with Gasteiger partial charge in [-0.25, -0.2) is 0 Å². The van der Waals surface area contributed by atoms with Crippen LogP contribution in [0.4, 0.5) is 0 Å². The van der Waals surface area contributed by atoms with Gasteiger partial charge in [0.1, 0.15) is 11.6 Å². The quantitative estimate of drug-likeness (QED) is 0.347. The third kappa shape index (κ3) is 7.17. The number of carbonyl (C=O) groups is 2. The largest absolute Gasteiger partial charge is 0.480 e. The smallest absolute Gasteiger partial charge is 0.326 e. The van der Waals surface area contributed by atoms with Crippen LogP contribution in [0.15, 0.2) is 0 Å². The van der Waals surface area contributed by atoms with Gasteiger partial charge < -0.3 is 31.5 Å². The standard InChI is InChI=1S/2C5H11NO3/c1-2-5(6,3-7)4(8)9;1-2-9-5(8)4(6)3-7/h7H,2-3,6H2,1H3,(H,8,9);4,7H,2-3,6H2,1H3/t5-;4-/m00/s1. The van der Waals surface area contributed by atoms with Gasteiger partial charge in [-0.3, -0.25) is 9.59 Å². The maximum Gasteiger partial charge on any atom is 0.326 e. The van der Waals surface area contributed by atoms with Gasteiger partial charge in [-0.05, 0) is 13.3 Å². The summed E-state index contributed by atoms with van der Waals surface area (Å²) in [7, 11) is 0. The molecule has 0 amide bonds. The normalized spacial score (nSPS) is 14.8. The minimum atomic E-state index is -1.44. The molecule has 0 rings (SSSR count). The van der Waals surface area contributed by atoms with Crippen molar-refractivity contribution < 1.29 is 29.6 Å². The average Bonchev–Trinajstić information content (AvgIpc) is 2.37. The van der Waals surface area contributed by atoms with Crippen molar-refractivity contribution in [3.05, 3.63) is 0 Å². The molecule has 0 fully saturated rings. The highest BCUT2D eigenvalue weighted by Crippen LogP contribution is 2.03. The minimum absolute atomic E-state index is 0.235. The Morgan fingerprint density at radius 1 is 1.33 bits per heavy atom. The van der Waals surface area contributed by atoms with E-state index in [1.165, 1.54) is 0 Å². The van der Waals surface area contributed by atoms with Crippen molar-refractivity contribution in [2.24, 2.45) is 11.5 Å². The maximum absolute atomic E-state index is 10.5. The summed E-state index contributed by atoms with van der Waals surface area (Å²) in [4.78, 5) is 20.7. The number of hydrogen-bond donors (Lipinski definition) is 5. The zero-order valence-electron chi connectivity index (χ0n) is 10.6. The number of nitrogens with two attached hydrogens (primary N) is 2. The molecule has 0 aliphatic carbocycles. The summed E-state index contributed by atoms with van der Waals surface area (Å²) < 4.78 is 4.47. The van der Waals surface area contributed by atoms with Crippen LogP contribution in [0.1, 0.15) is 20.3 Å². The second kappa shape index (κ2) is 9.77. The monoisotopic (exact) mass is 266 g/mol. The predicted molar refractivity (Wildman–Crippen MR) is 63.6 cm³/mol. The van der Waals surface area contributed by atoms with Crippen molar-refractivity contribution in [1.82, 2.24) is 0 Å². The van der Waals surface area contributed by atoms with Crippen molar-refractivity contribution in [3.63, 3.8) is 0 Å². The first-order valence-electron chi connectivity index (χ1n) is 5.45. The lowest BCUT2D eigenvalue weighted by atomic mass is 10.00. The van der Waals surface area contributed by atoms with E-state index in [9.17, 15) is 9.59 Å². The summed E-state index contributed by atoms with van der Waals surface area (Å²) in [6, 6.07) is -0.884. The van der Waals surface area contributed by atoms with E-state index in [-0.39, 0.29) is 13.0 Å². The Morgan fingerprint density at radius 2 is 1.83 bits per heavy atom. The first-order valence-corrected chi connectivity index (χ1v) is 5.45. The third-order valence-corrected chi connectivity index (χ3v) is 2.13. The second-order valence-electron chi connectivity index (χ2n) is 3.51. The number of aliphatic hydroxyl groups excluding tert-OH is 2. The lowest BCUT2D eigenvalue weighted by Gasteiger charge is -2.18. The molecule has 0 saturated carbocycles. The number of aliphatic carboxylic acids is 1. The highest BCUT2D eigenvalue weighted by Gasteiger charge is 2.30. The van der Waals surface area contributed by atoms with E-state index in [0.29, 0.717) is 6.61 Å². The molecule has 0 unspecified atom stereocenters. The number of ether oxygens (including phenoxy) is 1. The summed E-state index contributed by atoms with van der Waals surface area (Å²) in [5.41, 5.74) is 8.82. The highest BCUT2D eigenvalue weighted by molar-refractivity contribution is 5.78. The fourth-order valence-corrected chi connectivity index (χ4v) is 0.654. The van der Waals surface area contributed by atoms with Crippen LogP contribution >= 0.6 is 0 Å². The van der Waals surface area contributed by atoms with E-state index in [1.807, 2.05) is 0 Å². The molecule has 0 aliphatic heterocycles. The number of carboxylic acids is 1. The maximum atomic E-state index is 10.5. The summed E-state index contributed by atoms with van der Waals surface area (Å²) in [6.07, 6.45) is 0.235. The fourth-order valence-electron chi connectivity index (χ4n) is 0.654. The van der Waals surface area contributed by atoms with Gasteiger partial charge in [0.25, 0.3) is 0 Å². The van der Waals surface area contributed by atoms with Crippen molar-refractivity contribution in [3.8, 4) is 0 Å². The molecule has 0 aliphatic rings. The Morgan fingerprint density at radius 3 is 2.00 bits per heavy atom. The number of esters is 1. The van der Waals surface area contributed by atoms with Crippen LogP contribution in [-0.4, -0.2) is 58.7 Å². The van der Waals surface area contributed by atoms with E-state index < -0.39 is 30.1 Å². The van der Waals surface area contributed by atoms with Crippen LogP contribution in [0.25, 0.3) is 0 Å². The number of carbonyl (C=O) groups excluding carboxylic acids is 1. The van der Waals surface area contributed by atoms with E-state index in [0.717, 1.165) is 0 Å². The van der Waals surface area contributed by atoms with Gasteiger partial charge in [-0.1, -0.05) is 6.92 Å². The molecule has 0 aromatic carbocycles. The molecule has 8 nitrogen and oxygen atoms in total. The van der Waals surface area contributed by atoms with Crippen molar-refractivity contribution in [2.45, 2.75) is 31.8 Å². The molecule has 8 heteroatoms. The topological polar surface area (TPSA) is 156 Å². The molecule has 18 heavy (non-hydrogen) atoms. The van der Waals surface area contributed by atoms with Crippen LogP contribution in [0, 0.1) is 0 Å². The molecule has 0 aromatic rings. The van der Waals surface area contributed by atoms with Crippen LogP contribution in [-0.2, 0) is 14.3 Å². The zero-order chi connectivity index (χ0) is 14.8. The molecule has 0 aromatic heterocycles. The third-order valence-electron chi connectivity index (χ3n) is 2.13. The van der Waals surface area contributed by atoms with Crippen LogP contribution in [0.2, 0.25) is 0 Å². The Kier molecular flexibility index (Phi) is 10.4. The van der Waals surface area contributed by atoms with Gasteiger partial charge in [0.15, 0.2) is 0 Å². The Hall–Kier alpha value is -1.22. The highest BCUT2D eigenvalue weighted by atomic mass is 16.5. The van der Waals surface area contributed by atoms with Crippen molar-refractivity contribution in [1.29, 1.82) is 0 Å². The minimum Gasteiger partial charge on any atom is -0.480 e. The lowest BCUT2D eigenvalue weighted by Crippen LogP contribution is -2.50. The Labute approximate surface area is 106 Å². The summed E-state index contributed by atoms with van der Waals surface area (Å²) in [5, 5.41) is 25.1. The van der Waals surface area contributed by atoms with E-state index >= 15 is 0 Å². The Balaban J connectivity index is 0. The van der Waals surface area contributed by atoms with Gasteiger partial charge in [0.05, 0.1) is 19.8 Å². The van der Waals surface area contributed by atoms with E-state index in [2.05, 4.69) is 4.74 Å². The van der Waals surface area contributed by atoms with Gasteiger partial charge in [-0.15, -0.1) is 0 Å². The molecule has 0 spiro atoms. The molecular weight excluding hydrogens is 244 g/mol. The SMILES string of the molecule is CCOC(=O)[C@@H](N)CO.CC[C@](N)(CO)C(=O)O. The van der Waals surface area contributed by atoms with Crippen molar-refractivity contribution in [2.75, 3.05) is 19.8 Å². The Bertz CT molecular complexity index is 253. The first kappa shape index (κ1) is 19.1. The molecule has 0 radical (unpaired) electrons. The molecule has 7 N–H and O–H groups in total. The number of rotatable bonds is 6. The molecule has 108 valence electrons. The summed E-state index contributed by atoms with van der Waals surface area (Å²) >= 11 is 0. The zero-order valence-corrected chi connectivity index (χ0v) is 10.6. The summed E-state index contributed by atoms with van der Waals surface area (Å²) in [6.45, 7) is 2.72.